The number of carbonyl (C=O) groups is 2. The number of benzene rings is 1. The number of ether oxygens (including phenoxy) is 1. The van der Waals surface area contributed by atoms with E-state index in [2.05, 4.69) is 4.98 Å². The zero-order valence-electron chi connectivity index (χ0n) is 15.1. The number of piperidine rings is 1. The van der Waals surface area contributed by atoms with Gasteiger partial charge in [-0.1, -0.05) is 12.1 Å². The third kappa shape index (κ3) is 3.69. The SMILES string of the molecule is COc1cc(C)c(-c2ccc(C(=O)N3CCC[C@@H](C(N)=O)C3)cc2)cn1. The van der Waals surface area contributed by atoms with Gasteiger partial charge in [0.2, 0.25) is 11.8 Å². The molecule has 0 radical (unpaired) electrons. The number of methoxy groups -OCH3 is 1. The minimum Gasteiger partial charge on any atom is -0.481 e. The normalized spacial score (nSPS) is 17.0. The van der Waals surface area contributed by atoms with Crippen molar-refractivity contribution in [1.82, 2.24) is 9.88 Å². The Balaban J connectivity index is 1.77. The van der Waals surface area contributed by atoms with Crippen LogP contribution in [0.5, 0.6) is 5.88 Å². The van der Waals surface area contributed by atoms with Crippen LogP contribution in [0.2, 0.25) is 0 Å². The smallest absolute Gasteiger partial charge is 0.253 e. The molecule has 136 valence electrons. The Bertz CT molecular complexity index is 818. The number of nitrogens with zero attached hydrogens (tertiary/aromatic N) is 2. The molecule has 0 saturated carbocycles. The van der Waals surface area contributed by atoms with Gasteiger partial charge in [-0.2, -0.15) is 0 Å². The summed E-state index contributed by atoms with van der Waals surface area (Å²) in [6.45, 7) is 3.06. The topological polar surface area (TPSA) is 85.5 Å². The molecule has 0 aliphatic carbocycles. The van der Waals surface area contributed by atoms with Crippen LogP contribution < -0.4 is 10.5 Å². The minimum atomic E-state index is -0.333. The molecule has 1 fully saturated rings. The predicted molar refractivity (Wildman–Crippen MR) is 98.8 cm³/mol. The Morgan fingerprint density at radius 3 is 2.62 bits per heavy atom. The molecule has 1 aromatic heterocycles. The number of carbonyl (C=O) groups excluding carboxylic acids is 2. The molecule has 6 heteroatoms. The number of likely N-dealkylation sites (tertiary alicyclic amines) is 1. The number of hydrogen-bond donors (Lipinski definition) is 1. The third-order valence-electron chi connectivity index (χ3n) is 4.85. The van der Waals surface area contributed by atoms with Crippen LogP contribution in [-0.2, 0) is 4.79 Å². The van der Waals surface area contributed by atoms with Gasteiger partial charge in [-0.15, -0.1) is 0 Å². The van der Waals surface area contributed by atoms with Crippen LogP contribution in [0.4, 0.5) is 0 Å². The summed E-state index contributed by atoms with van der Waals surface area (Å²) in [6.07, 6.45) is 3.32. The Kier molecular flexibility index (Phi) is 5.21. The molecule has 2 N–H and O–H groups in total. The van der Waals surface area contributed by atoms with Crippen molar-refractivity contribution in [2.45, 2.75) is 19.8 Å². The van der Waals surface area contributed by atoms with Gasteiger partial charge in [0.25, 0.3) is 5.91 Å². The molecule has 1 aliphatic rings. The van der Waals surface area contributed by atoms with Crippen molar-refractivity contribution >= 4 is 11.8 Å². The van der Waals surface area contributed by atoms with E-state index in [0.29, 0.717) is 24.5 Å². The molecule has 0 bridgehead atoms. The zero-order valence-corrected chi connectivity index (χ0v) is 15.1. The van der Waals surface area contributed by atoms with Crippen LogP contribution in [0, 0.1) is 12.8 Å². The first kappa shape index (κ1) is 17.9. The van der Waals surface area contributed by atoms with Crippen molar-refractivity contribution in [3.63, 3.8) is 0 Å². The molecule has 2 heterocycles. The lowest BCUT2D eigenvalue weighted by molar-refractivity contribution is -0.123. The molecular formula is C20H23N3O3. The molecule has 3 rings (SSSR count). The van der Waals surface area contributed by atoms with Gasteiger partial charge >= 0.3 is 0 Å². The Morgan fingerprint density at radius 2 is 2.00 bits per heavy atom. The number of primary amides is 1. The largest absolute Gasteiger partial charge is 0.481 e. The highest BCUT2D eigenvalue weighted by atomic mass is 16.5. The summed E-state index contributed by atoms with van der Waals surface area (Å²) in [4.78, 5) is 30.1. The second-order valence-corrected chi connectivity index (χ2v) is 6.61. The summed E-state index contributed by atoms with van der Waals surface area (Å²) < 4.78 is 5.13. The number of hydrogen-bond acceptors (Lipinski definition) is 4. The summed E-state index contributed by atoms with van der Waals surface area (Å²) >= 11 is 0. The lowest BCUT2D eigenvalue weighted by Gasteiger charge is -2.31. The van der Waals surface area contributed by atoms with E-state index < -0.39 is 0 Å². The molecule has 6 nitrogen and oxygen atoms in total. The van der Waals surface area contributed by atoms with Crippen molar-refractivity contribution in [3.8, 4) is 17.0 Å². The monoisotopic (exact) mass is 353 g/mol. The molecule has 26 heavy (non-hydrogen) atoms. The standard InChI is InChI=1S/C20H23N3O3/c1-13-10-18(26-2)22-11-17(13)14-5-7-15(8-6-14)20(25)23-9-3-4-16(12-23)19(21)24/h5-8,10-11,16H,3-4,9,12H2,1-2H3,(H2,21,24)/t16-/m1/s1. The second kappa shape index (κ2) is 7.56. The quantitative estimate of drug-likeness (QED) is 0.914. The zero-order chi connectivity index (χ0) is 18.7. The lowest BCUT2D eigenvalue weighted by Crippen LogP contribution is -2.44. The predicted octanol–water partition coefficient (Wildman–Crippen LogP) is 2.40. The fourth-order valence-corrected chi connectivity index (χ4v) is 3.31. The van der Waals surface area contributed by atoms with Gasteiger partial charge in [-0.25, -0.2) is 4.98 Å². The van der Waals surface area contributed by atoms with Crippen LogP contribution in [0.3, 0.4) is 0 Å². The van der Waals surface area contributed by atoms with Crippen molar-refractivity contribution in [3.05, 3.63) is 47.7 Å². The first-order valence-corrected chi connectivity index (χ1v) is 8.69. The summed E-state index contributed by atoms with van der Waals surface area (Å²) in [6, 6.07) is 9.34. The molecule has 0 spiro atoms. The molecule has 1 saturated heterocycles. The van der Waals surface area contributed by atoms with E-state index >= 15 is 0 Å². The molecule has 2 aromatic rings. The first-order valence-electron chi connectivity index (χ1n) is 8.69. The first-order chi connectivity index (χ1) is 12.5. The average molecular weight is 353 g/mol. The highest BCUT2D eigenvalue weighted by molar-refractivity contribution is 5.95. The van der Waals surface area contributed by atoms with E-state index in [1.54, 1.807) is 18.2 Å². The van der Waals surface area contributed by atoms with Gasteiger partial charge in [-0.3, -0.25) is 9.59 Å². The highest BCUT2D eigenvalue weighted by Crippen LogP contribution is 2.26. The number of nitrogens with two attached hydrogens (primary N) is 1. The average Bonchev–Trinajstić information content (AvgIpc) is 2.67. The molecule has 0 unspecified atom stereocenters. The van der Waals surface area contributed by atoms with Gasteiger partial charge in [0.05, 0.1) is 13.0 Å². The molecule has 1 aliphatic heterocycles. The summed E-state index contributed by atoms with van der Waals surface area (Å²) in [5.74, 6) is -0.0699. The maximum atomic E-state index is 12.7. The summed E-state index contributed by atoms with van der Waals surface area (Å²) in [5, 5.41) is 0. The second-order valence-electron chi connectivity index (χ2n) is 6.61. The van der Waals surface area contributed by atoms with Crippen LogP contribution >= 0.6 is 0 Å². The van der Waals surface area contributed by atoms with Crippen molar-refractivity contribution in [2.75, 3.05) is 20.2 Å². The number of amides is 2. The van der Waals surface area contributed by atoms with Gasteiger partial charge in [0, 0.05) is 36.5 Å². The highest BCUT2D eigenvalue weighted by Gasteiger charge is 2.27. The fraction of sp³-hybridized carbons (Fsp3) is 0.350. The van der Waals surface area contributed by atoms with Crippen molar-refractivity contribution < 1.29 is 14.3 Å². The van der Waals surface area contributed by atoms with Crippen molar-refractivity contribution in [2.24, 2.45) is 11.7 Å². The third-order valence-corrected chi connectivity index (χ3v) is 4.85. The van der Waals surface area contributed by atoms with Crippen molar-refractivity contribution in [1.29, 1.82) is 0 Å². The van der Waals surface area contributed by atoms with Gasteiger partial charge in [0.15, 0.2) is 0 Å². The van der Waals surface area contributed by atoms with Crippen LogP contribution in [0.15, 0.2) is 36.5 Å². The van der Waals surface area contributed by atoms with Crippen LogP contribution in [-0.4, -0.2) is 41.9 Å². The van der Waals surface area contributed by atoms with Gasteiger partial charge in [-0.05, 0) is 43.0 Å². The Morgan fingerprint density at radius 1 is 1.27 bits per heavy atom. The van der Waals surface area contributed by atoms with E-state index in [1.807, 2.05) is 37.3 Å². The summed E-state index contributed by atoms with van der Waals surface area (Å²) in [7, 11) is 1.59. The van der Waals surface area contributed by atoms with E-state index in [0.717, 1.165) is 29.5 Å². The fourth-order valence-electron chi connectivity index (χ4n) is 3.31. The van der Waals surface area contributed by atoms with Crippen LogP contribution in [0.25, 0.3) is 11.1 Å². The molecule has 1 atom stereocenters. The number of rotatable bonds is 4. The molecule has 1 aromatic carbocycles. The van der Waals surface area contributed by atoms with E-state index in [9.17, 15) is 9.59 Å². The summed E-state index contributed by atoms with van der Waals surface area (Å²) in [5.41, 5.74) is 9.04. The maximum absolute atomic E-state index is 12.7. The number of aryl methyl sites for hydroxylation is 1. The lowest BCUT2D eigenvalue weighted by atomic mass is 9.96. The number of pyridine rings is 1. The molecule has 2 amide bonds. The Hall–Kier alpha value is -2.89. The minimum absolute atomic E-state index is 0.0629. The Labute approximate surface area is 153 Å². The van der Waals surface area contributed by atoms with Crippen LogP contribution in [0.1, 0.15) is 28.8 Å². The van der Waals surface area contributed by atoms with Gasteiger partial charge in [0.1, 0.15) is 0 Å². The van der Waals surface area contributed by atoms with E-state index in [-0.39, 0.29) is 17.7 Å². The van der Waals surface area contributed by atoms with E-state index in [4.69, 9.17) is 10.5 Å². The van der Waals surface area contributed by atoms with Gasteiger partial charge < -0.3 is 15.4 Å². The number of aromatic nitrogens is 1. The maximum Gasteiger partial charge on any atom is 0.253 e. The molecular weight excluding hydrogens is 330 g/mol. The van der Waals surface area contributed by atoms with E-state index in [1.165, 1.54) is 0 Å².